The van der Waals surface area contributed by atoms with E-state index in [-0.39, 0.29) is 48.4 Å². The third kappa shape index (κ3) is 558. The number of rotatable bonds is 4. The van der Waals surface area contributed by atoms with Gasteiger partial charge >= 0.3 is 23.3 Å². The standard InChI is InChI=1S/C7H10O3.2C3H8O.3C2H4O2.Al/c1-3-4-10-7(9)5-6(2)8;2*1-3(2)4;3*1-2(3)4;/h3H,1,4-5H2,2H3;2*3-4H,1-2H3;3*1H3,(H,3,4);/q;;;;;;+3/p-3. The SMILES string of the molecule is C=CCOC(=O)CC(C)=O.CC(=O)[O-].CC(=O)[O-].CC(=O)[O-].CC(C)O.CC(C)O.[Al+3]. The molecule has 0 spiro atoms. The molecule has 180 valence electrons. The molecule has 2 N–H and O–H groups in total. The van der Waals surface area contributed by atoms with Gasteiger partial charge in [-0.2, -0.15) is 0 Å². The number of carbonyl (C=O) groups excluding carboxylic acids is 5. The Labute approximate surface area is 194 Å². The van der Waals surface area contributed by atoms with Gasteiger partial charge in [-0.25, -0.2) is 0 Å². The van der Waals surface area contributed by atoms with Crippen molar-refractivity contribution in [3.8, 4) is 0 Å². The molecule has 0 radical (unpaired) electrons. The second-order valence-corrected chi connectivity index (χ2v) is 5.51. The third-order valence-corrected chi connectivity index (χ3v) is 0.755. The molecule has 0 unspecified atom stereocenters. The van der Waals surface area contributed by atoms with Gasteiger partial charge in [-0.3, -0.25) is 9.59 Å². The number of carboxylic acid groups (broad SMARTS) is 3. The van der Waals surface area contributed by atoms with Crippen LogP contribution < -0.4 is 15.3 Å². The van der Waals surface area contributed by atoms with Crippen LogP contribution in [0.25, 0.3) is 0 Å². The molecule has 0 fully saturated rings. The van der Waals surface area contributed by atoms with Crippen molar-refractivity contribution in [2.45, 2.75) is 74.0 Å². The molecule has 0 aromatic heterocycles. The van der Waals surface area contributed by atoms with Gasteiger partial charge < -0.3 is 44.7 Å². The predicted octanol–water partition coefficient (Wildman–Crippen LogP) is -2.64. The van der Waals surface area contributed by atoms with Gasteiger partial charge in [0.05, 0.1) is 0 Å². The fourth-order valence-corrected chi connectivity index (χ4v) is 0.406. The molecule has 11 nitrogen and oxygen atoms in total. The fourth-order valence-electron chi connectivity index (χ4n) is 0.406. The number of Topliss-reactive ketones (excluding diaryl/α,β-unsaturated/α-hetero) is 1. The average molecular weight is 466 g/mol. The zero-order valence-corrected chi connectivity index (χ0v) is 20.7. The van der Waals surface area contributed by atoms with E-state index in [2.05, 4.69) is 11.3 Å². The molecule has 0 aliphatic heterocycles. The number of carbonyl (C=O) groups is 5. The van der Waals surface area contributed by atoms with Crippen molar-refractivity contribution in [1.82, 2.24) is 0 Å². The summed E-state index contributed by atoms with van der Waals surface area (Å²) >= 11 is 0. The normalized spacial score (nSPS) is 7.48. The maximum Gasteiger partial charge on any atom is 3.00 e. The second-order valence-electron chi connectivity index (χ2n) is 5.51. The molecule has 0 saturated heterocycles. The van der Waals surface area contributed by atoms with E-state index in [0.29, 0.717) is 0 Å². The summed E-state index contributed by atoms with van der Waals surface area (Å²) in [7, 11) is 0. The monoisotopic (exact) mass is 466 g/mol. The van der Waals surface area contributed by atoms with Gasteiger partial charge in [0.25, 0.3) is 0 Å². The largest absolute Gasteiger partial charge is 3.00 e. The van der Waals surface area contributed by atoms with Gasteiger partial charge in [-0.1, -0.05) is 12.7 Å². The Hall–Kier alpha value is -2.26. The summed E-state index contributed by atoms with van der Waals surface area (Å²) < 4.78 is 4.52. The number of ether oxygens (including phenoxy) is 1. The first-order valence-corrected chi connectivity index (χ1v) is 8.48. The van der Waals surface area contributed by atoms with Gasteiger partial charge in [-0.05, 0) is 55.4 Å². The summed E-state index contributed by atoms with van der Waals surface area (Å²) in [5.41, 5.74) is 0. The van der Waals surface area contributed by atoms with Crippen LogP contribution in [-0.2, 0) is 28.7 Å². The van der Waals surface area contributed by atoms with Crippen molar-refractivity contribution >= 4 is 47.0 Å². The zero-order chi connectivity index (χ0) is 25.9. The second kappa shape index (κ2) is 38.4. The maximum absolute atomic E-state index is 10.5. The number of carboxylic acids is 3. The summed E-state index contributed by atoms with van der Waals surface area (Å²) in [5.74, 6) is -3.93. The summed E-state index contributed by atoms with van der Waals surface area (Å²) in [6.07, 6.45) is 0.978. The summed E-state index contributed by atoms with van der Waals surface area (Å²) in [6.45, 7) is 14.7. The van der Waals surface area contributed by atoms with Crippen LogP contribution in [0.15, 0.2) is 12.7 Å². The minimum absolute atomic E-state index is 0. The molecule has 0 amide bonds. The molecule has 0 aliphatic rings. The maximum atomic E-state index is 10.5. The number of esters is 1. The zero-order valence-electron chi connectivity index (χ0n) is 19.5. The number of aliphatic hydroxyl groups excluding tert-OH is 2. The van der Waals surface area contributed by atoms with Crippen molar-refractivity contribution < 1.29 is 54.2 Å². The predicted molar refractivity (Wildman–Crippen MR) is 109 cm³/mol. The molecule has 0 aliphatic carbocycles. The number of hydrogen-bond donors (Lipinski definition) is 2. The molecule has 0 atom stereocenters. The van der Waals surface area contributed by atoms with Gasteiger partial charge in [0.1, 0.15) is 18.8 Å². The molecule has 0 aromatic carbocycles. The minimum Gasteiger partial charge on any atom is -0.550 e. The van der Waals surface area contributed by atoms with E-state index in [0.717, 1.165) is 20.8 Å². The van der Waals surface area contributed by atoms with Crippen LogP contribution in [0.2, 0.25) is 0 Å². The number of aliphatic hydroxyl groups is 2. The Morgan fingerprint density at radius 1 is 0.806 bits per heavy atom. The van der Waals surface area contributed by atoms with E-state index in [1.54, 1.807) is 27.7 Å². The summed E-state index contributed by atoms with van der Waals surface area (Å²) in [6, 6.07) is 0. The Balaban J connectivity index is -0.0000000472. The third-order valence-electron chi connectivity index (χ3n) is 0.755. The van der Waals surface area contributed by atoms with E-state index >= 15 is 0 Å². The van der Waals surface area contributed by atoms with Crippen LogP contribution in [0.1, 0.15) is 61.8 Å². The topological polar surface area (TPSA) is 204 Å². The molecule has 12 heteroatoms. The summed E-state index contributed by atoms with van der Waals surface area (Å²) in [5, 5.41) is 42.8. The fraction of sp³-hybridized carbons (Fsp3) is 0.632. The van der Waals surface area contributed by atoms with E-state index in [1.807, 2.05) is 0 Å². The van der Waals surface area contributed by atoms with Gasteiger partial charge in [0.15, 0.2) is 0 Å². The Morgan fingerprint density at radius 2 is 1.00 bits per heavy atom. The van der Waals surface area contributed by atoms with Gasteiger partial charge in [0, 0.05) is 30.1 Å². The smallest absolute Gasteiger partial charge is 0.550 e. The Morgan fingerprint density at radius 3 is 1.13 bits per heavy atom. The van der Waals surface area contributed by atoms with Crippen LogP contribution in [0, 0.1) is 0 Å². The quantitative estimate of drug-likeness (QED) is 0.189. The van der Waals surface area contributed by atoms with E-state index in [9.17, 15) is 9.59 Å². The van der Waals surface area contributed by atoms with Crippen LogP contribution in [-0.4, -0.2) is 76.0 Å². The van der Waals surface area contributed by atoms with E-state index < -0.39 is 23.9 Å². The Kier molecular flexibility index (Phi) is 57.9. The van der Waals surface area contributed by atoms with Crippen LogP contribution in [0.5, 0.6) is 0 Å². The van der Waals surface area contributed by atoms with Crippen molar-refractivity contribution in [2.75, 3.05) is 6.61 Å². The van der Waals surface area contributed by atoms with E-state index in [4.69, 9.17) is 39.9 Å². The van der Waals surface area contributed by atoms with Crippen molar-refractivity contribution in [3.63, 3.8) is 0 Å². The number of hydrogen-bond acceptors (Lipinski definition) is 11. The van der Waals surface area contributed by atoms with E-state index in [1.165, 1.54) is 13.0 Å². The van der Waals surface area contributed by atoms with Crippen molar-refractivity contribution in [2.24, 2.45) is 0 Å². The van der Waals surface area contributed by atoms with Crippen LogP contribution in [0.3, 0.4) is 0 Å². The number of aliphatic carboxylic acids is 3. The van der Waals surface area contributed by atoms with Crippen molar-refractivity contribution in [1.29, 1.82) is 0 Å². The molecular formula is C19H35AlO11. The first kappa shape index (κ1) is 46.8. The van der Waals surface area contributed by atoms with Gasteiger partial charge in [0.2, 0.25) is 0 Å². The first-order valence-electron chi connectivity index (χ1n) is 8.48. The average Bonchev–Trinajstić information content (AvgIpc) is 2.41. The molecule has 0 aromatic rings. The van der Waals surface area contributed by atoms with Crippen LogP contribution >= 0.6 is 0 Å². The molecule has 31 heavy (non-hydrogen) atoms. The molecule has 0 saturated carbocycles. The summed E-state index contributed by atoms with van der Waals surface area (Å²) in [4.78, 5) is 47.5. The Bertz CT molecular complexity index is 410. The van der Waals surface area contributed by atoms with Gasteiger partial charge in [-0.15, -0.1) is 0 Å². The molecular weight excluding hydrogens is 431 g/mol. The number of ketones is 1. The molecule has 0 heterocycles. The first-order chi connectivity index (χ1) is 13.3. The van der Waals surface area contributed by atoms with Crippen LogP contribution in [0.4, 0.5) is 0 Å². The molecule has 0 rings (SSSR count). The molecule has 0 bridgehead atoms. The minimum atomic E-state index is -1.08. The van der Waals surface area contributed by atoms with Crippen molar-refractivity contribution in [3.05, 3.63) is 12.7 Å².